The molecule has 1 fully saturated rings. The van der Waals surface area contributed by atoms with Crippen molar-refractivity contribution in [2.24, 2.45) is 0 Å². The van der Waals surface area contributed by atoms with E-state index in [0.717, 1.165) is 61.3 Å². The van der Waals surface area contributed by atoms with Crippen LogP contribution in [0, 0.1) is 0 Å². The molecule has 6 heteroatoms. The number of fused-ring (bicyclic) bond motifs is 1. The van der Waals surface area contributed by atoms with Crippen molar-refractivity contribution < 1.29 is 4.79 Å². The number of amides is 1. The molecule has 1 saturated heterocycles. The fourth-order valence-electron chi connectivity index (χ4n) is 3.46. The Morgan fingerprint density at radius 2 is 2.29 bits per heavy atom. The number of hydrogen-bond acceptors (Lipinski definition) is 4. The number of hydrogen-bond donors (Lipinski definition) is 1. The Kier molecular flexibility index (Phi) is 3.25. The number of H-pyrrole nitrogens is 1. The Hall–Kier alpha value is -1.69. The first-order chi connectivity index (χ1) is 10.3. The van der Waals surface area contributed by atoms with Crippen LogP contribution < -0.4 is 0 Å². The molecule has 0 saturated carbocycles. The summed E-state index contributed by atoms with van der Waals surface area (Å²) in [6.07, 6.45) is 8.18. The zero-order valence-corrected chi connectivity index (χ0v) is 12.7. The summed E-state index contributed by atoms with van der Waals surface area (Å²) in [7, 11) is 0. The van der Waals surface area contributed by atoms with E-state index in [1.807, 2.05) is 16.5 Å². The number of aryl methyl sites for hydroxylation is 1. The van der Waals surface area contributed by atoms with Crippen LogP contribution in [-0.2, 0) is 12.8 Å². The van der Waals surface area contributed by atoms with Gasteiger partial charge in [-0.2, -0.15) is 5.10 Å². The van der Waals surface area contributed by atoms with Crippen LogP contribution in [0.5, 0.6) is 0 Å². The lowest BCUT2D eigenvalue weighted by Crippen LogP contribution is -2.39. The molecule has 2 aliphatic rings. The lowest BCUT2D eigenvalue weighted by Gasteiger charge is -2.34. The standard InChI is InChI=1S/C15H18N4OS/c20-15(13-10-4-3-5-11(10)17-18-13)19-8-2-1-6-12(19)14-16-7-9-21-14/h7,9,12H,1-6,8H2,(H,17,18)/t12-/m0/s1. The van der Waals surface area contributed by atoms with Crippen LogP contribution in [0.2, 0.25) is 0 Å². The second-order valence-electron chi connectivity index (χ2n) is 5.76. The van der Waals surface area contributed by atoms with E-state index in [1.54, 1.807) is 11.3 Å². The molecule has 2 aromatic rings. The molecule has 1 atom stereocenters. The molecule has 0 radical (unpaired) electrons. The lowest BCUT2D eigenvalue weighted by atomic mass is 10.0. The number of carbonyl (C=O) groups is 1. The molecule has 1 amide bonds. The zero-order chi connectivity index (χ0) is 14.2. The highest BCUT2D eigenvalue weighted by Gasteiger charge is 2.33. The Morgan fingerprint density at radius 1 is 1.33 bits per heavy atom. The first kappa shape index (κ1) is 13.0. The van der Waals surface area contributed by atoms with E-state index in [4.69, 9.17) is 0 Å². The number of likely N-dealkylation sites (tertiary alicyclic amines) is 1. The van der Waals surface area contributed by atoms with Crippen molar-refractivity contribution in [3.05, 3.63) is 33.5 Å². The Labute approximate surface area is 127 Å². The van der Waals surface area contributed by atoms with Crippen molar-refractivity contribution >= 4 is 17.2 Å². The largest absolute Gasteiger partial charge is 0.328 e. The fourth-order valence-corrected chi connectivity index (χ4v) is 4.25. The van der Waals surface area contributed by atoms with E-state index in [2.05, 4.69) is 15.2 Å². The van der Waals surface area contributed by atoms with Gasteiger partial charge >= 0.3 is 0 Å². The topological polar surface area (TPSA) is 61.9 Å². The van der Waals surface area contributed by atoms with Gasteiger partial charge in [-0.3, -0.25) is 9.89 Å². The minimum atomic E-state index is 0.0781. The smallest absolute Gasteiger partial charge is 0.275 e. The Morgan fingerprint density at radius 3 is 3.14 bits per heavy atom. The maximum Gasteiger partial charge on any atom is 0.275 e. The third kappa shape index (κ3) is 2.18. The third-order valence-corrected chi connectivity index (χ3v) is 5.39. The molecule has 3 heterocycles. The summed E-state index contributed by atoms with van der Waals surface area (Å²) in [6, 6.07) is 0.125. The summed E-state index contributed by atoms with van der Waals surface area (Å²) in [5, 5.41) is 10.4. The van der Waals surface area contributed by atoms with Gasteiger partial charge in [0, 0.05) is 29.4 Å². The van der Waals surface area contributed by atoms with E-state index in [9.17, 15) is 4.79 Å². The second-order valence-corrected chi connectivity index (χ2v) is 6.69. The average Bonchev–Trinajstić information content (AvgIpc) is 3.23. The van der Waals surface area contributed by atoms with Crippen LogP contribution in [0.3, 0.4) is 0 Å². The highest BCUT2D eigenvalue weighted by Crippen LogP contribution is 2.34. The third-order valence-electron chi connectivity index (χ3n) is 4.51. The van der Waals surface area contributed by atoms with Crippen LogP contribution in [0.25, 0.3) is 0 Å². The summed E-state index contributed by atoms with van der Waals surface area (Å²) in [6.45, 7) is 0.810. The van der Waals surface area contributed by atoms with Crippen LogP contribution in [0.1, 0.15) is 58.5 Å². The summed E-state index contributed by atoms with van der Waals surface area (Å²) in [4.78, 5) is 19.4. The van der Waals surface area contributed by atoms with Gasteiger partial charge in [-0.1, -0.05) is 0 Å². The summed E-state index contributed by atoms with van der Waals surface area (Å²) in [5.74, 6) is 0.0781. The van der Waals surface area contributed by atoms with E-state index in [-0.39, 0.29) is 11.9 Å². The molecule has 4 rings (SSSR count). The molecule has 2 aromatic heterocycles. The molecule has 0 bridgehead atoms. The number of piperidine rings is 1. The van der Waals surface area contributed by atoms with Crippen LogP contribution in [-0.4, -0.2) is 32.5 Å². The highest BCUT2D eigenvalue weighted by atomic mass is 32.1. The summed E-state index contributed by atoms with van der Waals surface area (Å²) >= 11 is 1.64. The Bertz CT molecular complexity index is 649. The van der Waals surface area contributed by atoms with Crippen molar-refractivity contribution in [2.75, 3.05) is 6.54 Å². The number of nitrogens with zero attached hydrogens (tertiary/aromatic N) is 3. The molecule has 0 spiro atoms. The van der Waals surface area contributed by atoms with Gasteiger partial charge in [0.1, 0.15) is 5.01 Å². The minimum Gasteiger partial charge on any atom is -0.328 e. The molecule has 0 aromatic carbocycles. The molecule has 21 heavy (non-hydrogen) atoms. The quantitative estimate of drug-likeness (QED) is 0.928. The van der Waals surface area contributed by atoms with E-state index in [1.165, 1.54) is 0 Å². The normalized spacial score (nSPS) is 21.5. The number of carbonyl (C=O) groups excluding carboxylic acids is 1. The maximum absolute atomic E-state index is 12.9. The molecule has 1 N–H and O–H groups in total. The minimum absolute atomic E-state index is 0.0781. The SMILES string of the molecule is O=C(c1n[nH]c2c1CCC2)N1CCCC[C@H]1c1nccs1. The van der Waals surface area contributed by atoms with E-state index < -0.39 is 0 Å². The predicted molar refractivity (Wildman–Crippen MR) is 80.4 cm³/mol. The molecule has 1 aliphatic carbocycles. The number of rotatable bonds is 2. The van der Waals surface area contributed by atoms with Crippen LogP contribution >= 0.6 is 11.3 Å². The summed E-state index contributed by atoms with van der Waals surface area (Å²) in [5.41, 5.74) is 2.94. The van der Waals surface area contributed by atoms with Gasteiger partial charge in [-0.15, -0.1) is 11.3 Å². The van der Waals surface area contributed by atoms with Gasteiger partial charge < -0.3 is 4.90 Å². The molecule has 1 aliphatic heterocycles. The number of nitrogens with one attached hydrogen (secondary N) is 1. The van der Waals surface area contributed by atoms with E-state index in [0.29, 0.717) is 5.69 Å². The van der Waals surface area contributed by atoms with Crippen molar-refractivity contribution in [1.82, 2.24) is 20.1 Å². The number of thiazole rings is 1. The number of aromatic amines is 1. The van der Waals surface area contributed by atoms with Crippen LogP contribution in [0.4, 0.5) is 0 Å². The first-order valence-corrected chi connectivity index (χ1v) is 8.49. The van der Waals surface area contributed by atoms with Crippen molar-refractivity contribution in [3.8, 4) is 0 Å². The fraction of sp³-hybridized carbons (Fsp3) is 0.533. The van der Waals surface area contributed by atoms with Crippen molar-refractivity contribution in [2.45, 2.75) is 44.6 Å². The second kappa shape index (κ2) is 5.26. The van der Waals surface area contributed by atoms with E-state index >= 15 is 0 Å². The number of aromatic nitrogens is 3. The van der Waals surface area contributed by atoms with Gasteiger partial charge in [0.05, 0.1) is 6.04 Å². The predicted octanol–water partition coefficient (Wildman–Crippen LogP) is 2.72. The maximum atomic E-state index is 12.9. The highest BCUT2D eigenvalue weighted by molar-refractivity contribution is 7.09. The molecule has 110 valence electrons. The Balaban J connectivity index is 1.65. The average molecular weight is 302 g/mol. The van der Waals surface area contributed by atoms with Gasteiger partial charge in [-0.25, -0.2) is 4.98 Å². The lowest BCUT2D eigenvalue weighted by molar-refractivity contribution is 0.0604. The van der Waals surface area contributed by atoms with Gasteiger partial charge in [0.25, 0.3) is 5.91 Å². The van der Waals surface area contributed by atoms with Gasteiger partial charge in [0.2, 0.25) is 0 Å². The zero-order valence-electron chi connectivity index (χ0n) is 11.8. The van der Waals surface area contributed by atoms with Gasteiger partial charge in [0.15, 0.2) is 5.69 Å². The van der Waals surface area contributed by atoms with Crippen molar-refractivity contribution in [3.63, 3.8) is 0 Å². The van der Waals surface area contributed by atoms with Gasteiger partial charge in [-0.05, 0) is 38.5 Å². The van der Waals surface area contributed by atoms with Crippen molar-refractivity contribution in [1.29, 1.82) is 0 Å². The summed E-state index contributed by atoms with van der Waals surface area (Å²) < 4.78 is 0. The molecule has 5 nitrogen and oxygen atoms in total. The molecular weight excluding hydrogens is 284 g/mol. The monoisotopic (exact) mass is 302 g/mol. The molecule has 0 unspecified atom stereocenters. The first-order valence-electron chi connectivity index (χ1n) is 7.61. The van der Waals surface area contributed by atoms with Crippen LogP contribution in [0.15, 0.2) is 11.6 Å². The molecular formula is C15H18N4OS.